The number of nitrogens with one attached hydrogen (secondary N) is 2. The van der Waals surface area contributed by atoms with Crippen LogP contribution < -0.4 is 10.6 Å². The van der Waals surface area contributed by atoms with Crippen molar-refractivity contribution in [3.05, 3.63) is 65.5 Å². The van der Waals surface area contributed by atoms with Crippen molar-refractivity contribution >= 4 is 17.6 Å². The van der Waals surface area contributed by atoms with Crippen LogP contribution >= 0.6 is 0 Å². The fourth-order valence-electron chi connectivity index (χ4n) is 2.07. The predicted octanol–water partition coefficient (Wildman–Crippen LogP) is 2.73. The molecule has 0 spiro atoms. The van der Waals surface area contributed by atoms with Crippen LogP contribution in [-0.2, 0) is 16.1 Å². The molecule has 0 aliphatic rings. The fraction of sp³-hybridized carbons (Fsp3) is 0.222. The highest BCUT2D eigenvalue weighted by molar-refractivity contribution is 5.96. The second kappa shape index (κ2) is 8.67. The molecule has 0 aromatic heterocycles. The third kappa shape index (κ3) is 5.08. The molecule has 0 unspecified atom stereocenters. The Morgan fingerprint density at radius 3 is 2.50 bits per heavy atom. The van der Waals surface area contributed by atoms with Crippen LogP contribution in [0.4, 0.5) is 10.1 Å². The van der Waals surface area contributed by atoms with Gasteiger partial charge in [0.25, 0.3) is 0 Å². The monoisotopic (exact) mass is 330 g/mol. The number of benzene rings is 2. The van der Waals surface area contributed by atoms with Crippen LogP contribution in [0.25, 0.3) is 0 Å². The zero-order chi connectivity index (χ0) is 17.4. The lowest BCUT2D eigenvalue weighted by molar-refractivity contribution is -0.119. The number of para-hydroxylation sites is 1. The molecule has 5 nitrogen and oxygen atoms in total. The number of esters is 1. The van der Waals surface area contributed by atoms with Crippen LogP contribution in [0.3, 0.4) is 0 Å². The first-order valence-corrected chi connectivity index (χ1v) is 7.61. The van der Waals surface area contributed by atoms with E-state index in [-0.39, 0.29) is 24.9 Å². The molecule has 0 fully saturated rings. The Hall–Kier alpha value is -2.89. The van der Waals surface area contributed by atoms with E-state index in [1.807, 2.05) is 0 Å². The number of hydrogen-bond acceptors (Lipinski definition) is 4. The first-order chi connectivity index (χ1) is 11.6. The largest absolute Gasteiger partial charge is 0.462 e. The second-order valence-corrected chi connectivity index (χ2v) is 5.02. The van der Waals surface area contributed by atoms with Gasteiger partial charge in [0.1, 0.15) is 5.82 Å². The Morgan fingerprint density at radius 1 is 1.08 bits per heavy atom. The normalized spacial score (nSPS) is 10.1. The van der Waals surface area contributed by atoms with Gasteiger partial charge in [-0.05, 0) is 36.8 Å². The number of rotatable bonds is 7. The number of amides is 1. The topological polar surface area (TPSA) is 67.4 Å². The summed E-state index contributed by atoms with van der Waals surface area (Å²) in [6.07, 6.45) is 0. The molecular weight excluding hydrogens is 311 g/mol. The number of carbonyl (C=O) groups excluding carboxylic acids is 2. The van der Waals surface area contributed by atoms with Crippen molar-refractivity contribution in [3.8, 4) is 0 Å². The molecule has 2 aromatic rings. The molecule has 1 amide bonds. The lowest BCUT2D eigenvalue weighted by atomic mass is 10.2. The molecule has 0 saturated heterocycles. The molecule has 2 rings (SSSR count). The summed E-state index contributed by atoms with van der Waals surface area (Å²) in [5.74, 6) is -0.993. The van der Waals surface area contributed by atoms with Gasteiger partial charge in [-0.15, -0.1) is 0 Å². The van der Waals surface area contributed by atoms with Crippen molar-refractivity contribution < 1.29 is 18.7 Å². The van der Waals surface area contributed by atoms with Crippen molar-refractivity contribution in [2.75, 3.05) is 18.5 Å². The molecule has 0 aliphatic heterocycles. The molecule has 2 aromatic carbocycles. The van der Waals surface area contributed by atoms with Crippen LogP contribution in [0.15, 0.2) is 48.5 Å². The van der Waals surface area contributed by atoms with Gasteiger partial charge >= 0.3 is 5.97 Å². The number of hydrogen-bond donors (Lipinski definition) is 2. The fourth-order valence-corrected chi connectivity index (χ4v) is 2.07. The highest BCUT2D eigenvalue weighted by atomic mass is 19.1. The molecule has 0 atom stereocenters. The van der Waals surface area contributed by atoms with Gasteiger partial charge in [-0.1, -0.05) is 24.3 Å². The van der Waals surface area contributed by atoms with Gasteiger partial charge in [-0.3, -0.25) is 4.79 Å². The summed E-state index contributed by atoms with van der Waals surface area (Å²) < 4.78 is 17.8. The van der Waals surface area contributed by atoms with Crippen molar-refractivity contribution in [1.29, 1.82) is 0 Å². The summed E-state index contributed by atoms with van der Waals surface area (Å²) in [5, 5.41) is 5.65. The second-order valence-electron chi connectivity index (χ2n) is 5.02. The van der Waals surface area contributed by atoms with E-state index in [9.17, 15) is 14.0 Å². The maximum atomic E-state index is 12.8. The zero-order valence-electron chi connectivity index (χ0n) is 13.3. The molecule has 0 bridgehead atoms. The van der Waals surface area contributed by atoms with E-state index in [4.69, 9.17) is 4.74 Å². The number of anilines is 1. The SMILES string of the molecule is CCOC(=O)c1ccccc1NCC(=O)NCc1ccc(F)cc1. The number of carbonyl (C=O) groups is 2. The zero-order valence-corrected chi connectivity index (χ0v) is 13.3. The summed E-state index contributed by atoms with van der Waals surface area (Å²) in [6.45, 7) is 2.33. The quantitative estimate of drug-likeness (QED) is 0.766. The third-order valence-corrected chi connectivity index (χ3v) is 3.26. The smallest absolute Gasteiger partial charge is 0.340 e. The Balaban J connectivity index is 1.87. The maximum absolute atomic E-state index is 12.8. The summed E-state index contributed by atoms with van der Waals surface area (Å²) in [5.41, 5.74) is 1.72. The highest BCUT2D eigenvalue weighted by Crippen LogP contribution is 2.15. The van der Waals surface area contributed by atoms with E-state index in [2.05, 4.69) is 10.6 Å². The van der Waals surface area contributed by atoms with Crippen LogP contribution in [0, 0.1) is 5.82 Å². The standard InChI is InChI=1S/C18H19FN2O3/c1-2-24-18(23)15-5-3-4-6-16(15)20-12-17(22)21-11-13-7-9-14(19)10-8-13/h3-10,20H,2,11-12H2,1H3,(H,21,22). The summed E-state index contributed by atoms with van der Waals surface area (Å²) in [6, 6.07) is 12.7. The third-order valence-electron chi connectivity index (χ3n) is 3.26. The minimum absolute atomic E-state index is 0.0115. The lowest BCUT2D eigenvalue weighted by Crippen LogP contribution is -2.29. The van der Waals surface area contributed by atoms with Gasteiger partial charge in [0, 0.05) is 12.2 Å². The molecule has 0 radical (unpaired) electrons. The Morgan fingerprint density at radius 2 is 1.79 bits per heavy atom. The molecule has 0 heterocycles. The molecule has 0 saturated carbocycles. The molecule has 6 heteroatoms. The van der Waals surface area contributed by atoms with E-state index >= 15 is 0 Å². The van der Waals surface area contributed by atoms with Crippen LogP contribution in [-0.4, -0.2) is 25.0 Å². The summed E-state index contributed by atoms with van der Waals surface area (Å²) in [7, 11) is 0. The van der Waals surface area contributed by atoms with E-state index in [0.717, 1.165) is 5.56 Å². The van der Waals surface area contributed by atoms with Gasteiger partial charge in [-0.2, -0.15) is 0 Å². The molecule has 0 aliphatic carbocycles. The Labute approximate surface area is 139 Å². The van der Waals surface area contributed by atoms with E-state index in [1.54, 1.807) is 43.3 Å². The number of halogens is 1. The van der Waals surface area contributed by atoms with Crippen molar-refractivity contribution in [2.45, 2.75) is 13.5 Å². The summed E-state index contributed by atoms with van der Waals surface area (Å²) >= 11 is 0. The first kappa shape index (κ1) is 17.5. The van der Waals surface area contributed by atoms with Gasteiger partial charge in [0.2, 0.25) is 5.91 Å². The first-order valence-electron chi connectivity index (χ1n) is 7.61. The molecule has 2 N–H and O–H groups in total. The average Bonchev–Trinajstić information content (AvgIpc) is 2.60. The minimum Gasteiger partial charge on any atom is -0.462 e. The van der Waals surface area contributed by atoms with Gasteiger partial charge in [0.15, 0.2) is 0 Å². The number of ether oxygens (including phenoxy) is 1. The lowest BCUT2D eigenvalue weighted by Gasteiger charge is -2.11. The van der Waals surface area contributed by atoms with Crippen molar-refractivity contribution in [2.24, 2.45) is 0 Å². The van der Waals surface area contributed by atoms with Gasteiger partial charge in [0.05, 0.1) is 18.7 Å². The predicted molar refractivity (Wildman–Crippen MR) is 89.1 cm³/mol. The van der Waals surface area contributed by atoms with Crippen molar-refractivity contribution in [3.63, 3.8) is 0 Å². The van der Waals surface area contributed by atoms with Gasteiger partial charge < -0.3 is 15.4 Å². The van der Waals surface area contributed by atoms with Gasteiger partial charge in [-0.25, -0.2) is 9.18 Å². The average molecular weight is 330 g/mol. The molecule has 24 heavy (non-hydrogen) atoms. The minimum atomic E-state index is -0.438. The van der Waals surface area contributed by atoms with Crippen LogP contribution in [0.1, 0.15) is 22.8 Å². The van der Waals surface area contributed by atoms with Crippen molar-refractivity contribution in [1.82, 2.24) is 5.32 Å². The van der Waals surface area contributed by atoms with E-state index in [1.165, 1.54) is 12.1 Å². The highest BCUT2D eigenvalue weighted by Gasteiger charge is 2.12. The molecular formula is C18H19FN2O3. The van der Waals surface area contributed by atoms with E-state index in [0.29, 0.717) is 17.8 Å². The molecule has 126 valence electrons. The Kier molecular flexibility index (Phi) is 6.31. The van der Waals surface area contributed by atoms with E-state index < -0.39 is 5.97 Å². The van der Waals surface area contributed by atoms with Crippen LogP contribution in [0.5, 0.6) is 0 Å². The maximum Gasteiger partial charge on any atom is 0.340 e. The summed E-state index contributed by atoms with van der Waals surface area (Å²) in [4.78, 5) is 23.8. The van der Waals surface area contributed by atoms with Crippen LogP contribution in [0.2, 0.25) is 0 Å². The Bertz CT molecular complexity index is 702.